The van der Waals surface area contributed by atoms with Gasteiger partial charge in [0.1, 0.15) is 5.82 Å². The largest absolute Gasteiger partial charge is 0.478 e. The van der Waals surface area contributed by atoms with Gasteiger partial charge in [0, 0.05) is 11.6 Å². The van der Waals surface area contributed by atoms with Gasteiger partial charge in [0.15, 0.2) is 0 Å². The summed E-state index contributed by atoms with van der Waals surface area (Å²) in [4.78, 5) is 10.5. The van der Waals surface area contributed by atoms with Crippen molar-refractivity contribution < 1.29 is 22.7 Å². The minimum Gasteiger partial charge on any atom is -0.478 e. The minimum atomic E-state index is -3.99. The van der Waals surface area contributed by atoms with Crippen LogP contribution in [-0.4, -0.2) is 25.5 Å². The first-order valence-corrected chi connectivity index (χ1v) is 7.34. The highest BCUT2D eigenvalue weighted by Gasteiger charge is 2.23. The van der Waals surface area contributed by atoms with Crippen LogP contribution in [0.5, 0.6) is 0 Å². The first kappa shape index (κ1) is 16.3. The van der Waals surface area contributed by atoms with Crippen molar-refractivity contribution in [1.29, 1.82) is 0 Å². The molecule has 7 heteroatoms. The second kappa shape index (κ2) is 6.15. The molecular weight excluding hydrogens is 285 g/mol. The monoisotopic (exact) mass is 301 g/mol. The summed E-state index contributed by atoms with van der Waals surface area (Å²) < 4.78 is 40.3. The van der Waals surface area contributed by atoms with E-state index in [0.717, 1.165) is 12.1 Å². The summed E-state index contributed by atoms with van der Waals surface area (Å²) in [5, 5.41) is 8.86. The Bertz CT molecular complexity index is 640. The number of hydrogen-bond donors (Lipinski definition) is 2. The lowest BCUT2D eigenvalue weighted by atomic mass is 10.1. The summed E-state index contributed by atoms with van der Waals surface area (Å²) in [5.74, 6) is -2.26. The minimum absolute atomic E-state index is 0.117. The number of nitrogens with one attached hydrogen (secondary N) is 1. The number of aromatic carboxylic acids is 1. The highest BCUT2D eigenvalue weighted by Crippen LogP contribution is 2.21. The zero-order chi connectivity index (χ0) is 15.5. The molecule has 0 bridgehead atoms. The van der Waals surface area contributed by atoms with Gasteiger partial charge in [-0.3, -0.25) is 0 Å². The fourth-order valence-electron chi connectivity index (χ4n) is 1.68. The van der Waals surface area contributed by atoms with E-state index < -0.39 is 33.4 Å². The molecule has 1 atom stereocenters. The summed E-state index contributed by atoms with van der Waals surface area (Å²) in [7, 11) is -3.99. The predicted octanol–water partition coefficient (Wildman–Crippen LogP) is 2.08. The van der Waals surface area contributed by atoms with Crippen LogP contribution in [0, 0.1) is 12.7 Å². The van der Waals surface area contributed by atoms with Crippen molar-refractivity contribution in [2.75, 3.05) is 0 Å². The average molecular weight is 301 g/mol. The van der Waals surface area contributed by atoms with Crippen molar-refractivity contribution in [3.8, 4) is 0 Å². The van der Waals surface area contributed by atoms with E-state index in [4.69, 9.17) is 5.11 Å². The topological polar surface area (TPSA) is 83.5 Å². The van der Waals surface area contributed by atoms with E-state index in [1.54, 1.807) is 13.0 Å². The number of sulfonamides is 1. The summed E-state index contributed by atoms with van der Waals surface area (Å²) in [6.45, 7) is 6.42. The molecule has 0 heterocycles. The number of rotatable bonds is 6. The predicted molar refractivity (Wildman–Crippen MR) is 72.7 cm³/mol. The van der Waals surface area contributed by atoms with Crippen LogP contribution in [0.4, 0.5) is 4.39 Å². The Kier molecular flexibility index (Phi) is 5.02. The fraction of sp³-hybridized carbons (Fsp3) is 0.308. The molecule has 1 rings (SSSR count). The van der Waals surface area contributed by atoms with Gasteiger partial charge in [-0.25, -0.2) is 22.3 Å². The molecule has 2 N–H and O–H groups in total. The van der Waals surface area contributed by atoms with Gasteiger partial charge in [0.25, 0.3) is 0 Å². The van der Waals surface area contributed by atoms with Crippen LogP contribution in [0.3, 0.4) is 0 Å². The number of benzene rings is 1. The Morgan fingerprint density at radius 3 is 2.65 bits per heavy atom. The molecule has 110 valence electrons. The Morgan fingerprint density at radius 1 is 1.55 bits per heavy atom. The van der Waals surface area contributed by atoms with Gasteiger partial charge in [0.2, 0.25) is 10.0 Å². The lowest BCUT2D eigenvalue weighted by molar-refractivity contribution is 0.0696. The van der Waals surface area contributed by atoms with Crippen LogP contribution in [0.15, 0.2) is 29.7 Å². The Balaban J connectivity index is 3.30. The molecule has 0 aliphatic rings. The number of carboxylic acid groups (broad SMARTS) is 1. The van der Waals surface area contributed by atoms with E-state index in [1.807, 2.05) is 0 Å². The van der Waals surface area contributed by atoms with Crippen LogP contribution in [0.1, 0.15) is 29.3 Å². The molecule has 0 aliphatic carbocycles. The zero-order valence-electron chi connectivity index (χ0n) is 11.2. The van der Waals surface area contributed by atoms with Crippen molar-refractivity contribution in [2.45, 2.75) is 31.2 Å². The number of hydrogen-bond acceptors (Lipinski definition) is 3. The van der Waals surface area contributed by atoms with Crippen LogP contribution < -0.4 is 4.72 Å². The van der Waals surface area contributed by atoms with E-state index in [1.165, 1.54) is 6.92 Å². The van der Waals surface area contributed by atoms with E-state index in [2.05, 4.69) is 11.3 Å². The van der Waals surface area contributed by atoms with Gasteiger partial charge in [-0.1, -0.05) is 6.08 Å². The zero-order valence-corrected chi connectivity index (χ0v) is 12.0. The van der Waals surface area contributed by atoms with Crippen molar-refractivity contribution in [1.82, 2.24) is 4.72 Å². The van der Waals surface area contributed by atoms with Crippen LogP contribution >= 0.6 is 0 Å². The molecular formula is C13H16FNO4S. The first-order valence-electron chi connectivity index (χ1n) is 5.85. The van der Waals surface area contributed by atoms with Crippen molar-refractivity contribution >= 4 is 16.0 Å². The van der Waals surface area contributed by atoms with Gasteiger partial charge in [-0.2, -0.15) is 0 Å². The first-order chi connectivity index (χ1) is 9.19. The third-order valence-electron chi connectivity index (χ3n) is 2.71. The molecule has 1 aromatic rings. The van der Waals surface area contributed by atoms with Crippen LogP contribution in [0.2, 0.25) is 0 Å². The van der Waals surface area contributed by atoms with Crippen molar-refractivity contribution in [3.63, 3.8) is 0 Å². The second-order valence-corrected chi connectivity index (χ2v) is 6.12. The molecule has 0 saturated heterocycles. The van der Waals surface area contributed by atoms with Crippen LogP contribution in [0.25, 0.3) is 0 Å². The van der Waals surface area contributed by atoms with Gasteiger partial charge < -0.3 is 5.11 Å². The molecule has 0 aromatic heterocycles. The smallest absolute Gasteiger partial charge is 0.335 e. The summed E-state index contributed by atoms with van der Waals surface area (Å²) in [6.07, 6.45) is 1.95. The quantitative estimate of drug-likeness (QED) is 0.788. The second-order valence-electron chi connectivity index (χ2n) is 4.43. The maximum absolute atomic E-state index is 13.6. The lowest BCUT2D eigenvalue weighted by Gasteiger charge is -2.14. The molecule has 0 amide bonds. The van der Waals surface area contributed by atoms with E-state index in [0.29, 0.717) is 6.42 Å². The van der Waals surface area contributed by atoms with Gasteiger partial charge >= 0.3 is 5.97 Å². The van der Waals surface area contributed by atoms with E-state index >= 15 is 0 Å². The lowest BCUT2D eigenvalue weighted by Crippen LogP contribution is -2.33. The number of halogens is 1. The summed E-state index contributed by atoms with van der Waals surface area (Å²) >= 11 is 0. The fourth-order valence-corrected chi connectivity index (χ4v) is 3.22. The van der Waals surface area contributed by atoms with Crippen LogP contribution in [-0.2, 0) is 10.0 Å². The number of carbonyl (C=O) groups is 1. The molecule has 0 aliphatic heterocycles. The SMILES string of the molecule is C=CCC(C)NS(=O)(=O)c1cc(C(=O)O)cc(F)c1C. The van der Waals surface area contributed by atoms with E-state index in [-0.39, 0.29) is 10.5 Å². The molecule has 20 heavy (non-hydrogen) atoms. The average Bonchev–Trinajstić information content (AvgIpc) is 2.31. The highest BCUT2D eigenvalue weighted by molar-refractivity contribution is 7.89. The molecule has 0 saturated carbocycles. The molecule has 0 spiro atoms. The third-order valence-corrected chi connectivity index (χ3v) is 4.43. The maximum atomic E-state index is 13.6. The summed E-state index contributed by atoms with van der Waals surface area (Å²) in [5.41, 5.74) is -0.529. The molecule has 1 unspecified atom stereocenters. The Labute approximate surface area is 117 Å². The standard InChI is InChI=1S/C13H16FNO4S/c1-4-5-8(2)15-20(18,19)12-7-10(13(16)17)6-11(14)9(12)3/h4,6-8,15H,1,5H2,2-3H3,(H,16,17). The third kappa shape index (κ3) is 3.64. The number of carboxylic acids is 1. The molecule has 1 aromatic carbocycles. The highest BCUT2D eigenvalue weighted by atomic mass is 32.2. The van der Waals surface area contributed by atoms with Crippen molar-refractivity contribution in [2.24, 2.45) is 0 Å². The van der Waals surface area contributed by atoms with E-state index in [9.17, 15) is 17.6 Å². The Hall–Kier alpha value is -1.73. The molecule has 0 radical (unpaired) electrons. The van der Waals surface area contributed by atoms with Gasteiger partial charge in [-0.15, -0.1) is 6.58 Å². The van der Waals surface area contributed by atoms with Gasteiger partial charge in [0.05, 0.1) is 10.5 Å². The van der Waals surface area contributed by atoms with Crippen molar-refractivity contribution in [3.05, 3.63) is 41.7 Å². The maximum Gasteiger partial charge on any atom is 0.335 e. The molecule has 5 nitrogen and oxygen atoms in total. The summed E-state index contributed by atoms with van der Waals surface area (Å²) in [6, 6.07) is 1.32. The normalized spacial score (nSPS) is 12.9. The Morgan fingerprint density at radius 2 is 2.15 bits per heavy atom. The molecule has 0 fully saturated rings. The van der Waals surface area contributed by atoms with Gasteiger partial charge in [-0.05, 0) is 32.4 Å².